The van der Waals surface area contributed by atoms with E-state index in [9.17, 15) is 0 Å². The molecule has 5 rings (SSSR count). The normalized spacial score (nSPS) is 10.7. The van der Waals surface area contributed by atoms with Crippen LogP contribution in [0, 0.1) is 0 Å². The number of hydrogen-bond acceptors (Lipinski definition) is 1. The van der Waals surface area contributed by atoms with Gasteiger partial charge in [-0.2, -0.15) is 0 Å². The highest BCUT2D eigenvalue weighted by Crippen LogP contribution is 2.40. The fraction of sp³-hybridized carbons (Fsp3) is 0.0625. The highest BCUT2D eigenvalue weighted by molar-refractivity contribution is 5.94. The molecule has 1 nitrogen and oxygen atoms in total. The van der Waals surface area contributed by atoms with Crippen molar-refractivity contribution in [2.24, 2.45) is 0 Å². The van der Waals surface area contributed by atoms with Crippen molar-refractivity contribution in [3.05, 3.63) is 127 Å². The third-order valence-corrected chi connectivity index (χ3v) is 5.91. The minimum absolute atomic E-state index is 0.666. The van der Waals surface area contributed by atoms with E-state index in [0.717, 1.165) is 5.75 Å². The summed E-state index contributed by atoms with van der Waals surface area (Å²) in [5, 5.41) is 0. The quantitative estimate of drug-likeness (QED) is 0.264. The predicted octanol–water partition coefficient (Wildman–Crippen LogP) is 8.75. The molecule has 0 amide bonds. The van der Waals surface area contributed by atoms with Crippen molar-refractivity contribution in [3.63, 3.8) is 0 Å². The summed E-state index contributed by atoms with van der Waals surface area (Å²) < 4.78 is 5.68. The van der Waals surface area contributed by atoms with Gasteiger partial charge in [0.15, 0.2) is 0 Å². The summed E-state index contributed by atoms with van der Waals surface area (Å²) >= 11 is 0. The summed E-state index contributed by atoms with van der Waals surface area (Å²) in [5.74, 6) is 0.896. The topological polar surface area (TPSA) is 9.23 Å². The van der Waals surface area contributed by atoms with Crippen molar-refractivity contribution in [1.82, 2.24) is 0 Å². The average Bonchev–Trinajstić information content (AvgIpc) is 2.90. The molecule has 0 atom stereocenters. The van der Waals surface area contributed by atoms with E-state index in [1.807, 2.05) is 6.92 Å². The molecule has 1 heteroatoms. The minimum atomic E-state index is 0.666. The molecule has 5 aromatic carbocycles. The SMILES string of the molecule is CCOc1ccc(-c2c(-c3ccccc3)cccc2-c2ccc(-c3ccccc3)cc2)cc1. The Bertz CT molecular complexity index is 1320. The Morgan fingerprint density at radius 2 is 0.879 bits per heavy atom. The lowest BCUT2D eigenvalue weighted by molar-refractivity contribution is 0.340. The van der Waals surface area contributed by atoms with E-state index < -0.39 is 0 Å². The number of benzene rings is 5. The van der Waals surface area contributed by atoms with Gasteiger partial charge in [-0.3, -0.25) is 0 Å². The van der Waals surface area contributed by atoms with Crippen molar-refractivity contribution < 1.29 is 4.74 Å². The van der Waals surface area contributed by atoms with Gasteiger partial charge in [-0.25, -0.2) is 0 Å². The molecule has 5 aromatic rings. The second-order valence-corrected chi connectivity index (χ2v) is 7.99. The summed E-state index contributed by atoms with van der Waals surface area (Å²) in [6, 6.07) is 45.0. The molecule has 0 heterocycles. The highest BCUT2D eigenvalue weighted by atomic mass is 16.5. The maximum atomic E-state index is 5.68. The lowest BCUT2D eigenvalue weighted by Gasteiger charge is -2.17. The first-order valence-electron chi connectivity index (χ1n) is 11.4. The molecule has 0 aliphatic rings. The zero-order valence-electron chi connectivity index (χ0n) is 18.7. The number of hydrogen-bond donors (Lipinski definition) is 0. The van der Waals surface area contributed by atoms with Crippen molar-refractivity contribution in [2.75, 3.05) is 6.61 Å². The van der Waals surface area contributed by atoms with Crippen LogP contribution < -0.4 is 4.74 Å². The van der Waals surface area contributed by atoms with Gasteiger partial charge in [-0.05, 0) is 63.6 Å². The Kier molecular flexibility index (Phi) is 6.04. The summed E-state index contributed by atoms with van der Waals surface area (Å²) in [5.41, 5.74) is 9.74. The molecule has 0 spiro atoms. The van der Waals surface area contributed by atoms with Gasteiger partial charge in [0.05, 0.1) is 6.61 Å². The Hall–Kier alpha value is -4.10. The van der Waals surface area contributed by atoms with Crippen molar-refractivity contribution in [1.29, 1.82) is 0 Å². The van der Waals surface area contributed by atoms with Gasteiger partial charge >= 0.3 is 0 Å². The molecule has 0 saturated carbocycles. The molecule has 0 aliphatic heterocycles. The fourth-order valence-electron chi connectivity index (χ4n) is 4.32. The zero-order chi connectivity index (χ0) is 22.5. The van der Waals surface area contributed by atoms with Crippen LogP contribution in [0.1, 0.15) is 6.92 Å². The third-order valence-electron chi connectivity index (χ3n) is 5.91. The van der Waals surface area contributed by atoms with E-state index in [4.69, 9.17) is 4.74 Å². The Labute approximate surface area is 196 Å². The molecule has 33 heavy (non-hydrogen) atoms. The van der Waals surface area contributed by atoms with Crippen LogP contribution in [-0.2, 0) is 0 Å². The minimum Gasteiger partial charge on any atom is -0.494 e. The molecular weight excluding hydrogens is 400 g/mol. The second-order valence-electron chi connectivity index (χ2n) is 7.99. The molecule has 0 aromatic heterocycles. The van der Waals surface area contributed by atoms with Crippen LogP contribution in [0.5, 0.6) is 5.75 Å². The zero-order valence-corrected chi connectivity index (χ0v) is 18.7. The van der Waals surface area contributed by atoms with Gasteiger partial charge in [-0.15, -0.1) is 0 Å². The first-order valence-corrected chi connectivity index (χ1v) is 11.4. The summed E-state index contributed by atoms with van der Waals surface area (Å²) in [6.45, 7) is 2.68. The molecule has 0 fully saturated rings. The Morgan fingerprint density at radius 3 is 1.45 bits per heavy atom. The smallest absolute Gasteiger partial charge is 0.119 e. The maximum Gasteiger partial charge on any atom is 0.119 e. The van der Waals surface area contributed by atoms with Crippen LogP contribution >= 0.6 is 0 Å². The summed E-state index contributed by atoms with van der Waals surface area (Å²) in [7, 11) is 0. The third kappa shape index (κ3) is 4.44. The molecule has 0 unspecified atom stereocenters. The molecular formula is C32H26O. The van der Waals surface area contributed by atoms with Crippen molar-refractivity contribution in [2.45, 2.75) is 6.92 Å². The van der Waals surface area contributed by atoms with Gasteiger partial charge in [-0.1, -0.05) is 115 Å². The molecule has 0 saturated heterocycles. The number of ether oxygens (including phenoxy) is 1. The summed E-state index contributed by atoms with van der Waals surface area (Å²) in [4.78, 5) is 0. The maximum absolute atomic E-state index is 5.68. The molecule has 0 radical (unpaired) electrons. The van der Waals surface area contributed by atoms with E-state index >= 15 is 0 Å². The monoisotopic (exact) mass is 426 g/mol. The van der Waals surface area contributed by atoms with Gasteiger partial charge < -0.3 is 4.74 Å². The highest BCUT2D eigenvalue weighted by Gasteiger charge is 2.14. The molecule has 0 bridgehead atoms. The van der Waals surface area contributed by atoms with E-state index in [1.165, 1.54) is 44.5 Å². The van der Waals surface area contributed by atoms with Crippen molar-refractivity contribution in [3.8, 4) is 50.3 Å². The number of rotatable bonds is 6. The van der Waals surface area contributed by atoms with Crippen LogP contribution in [0.3, 0.4) is 0 Å². The average molecular weight is 427 g/mol. The molecule has 0 aliphatic carbocycles. The van der Waals surface area contributed by atoms with Gasteiger partial charge in [0.25, 0.3) is 0 Å². The lowest BCUT2D eigenvalue weighted by atomic mass is 9.87. The Morgan fingerprint density at radius 1 is 0.424 bits per heavy atom. The molecule has 160 valence electrons. The van der Waals surface area contributed by atoms with E-state index in [2.05, 4.69) is 127 Å². The van der Waals surface area contributed by atoms with Crippen LogP contribution in [0.15, 0.2) is 127 Å². The van der Waals surface area contributed by atoms with Crippen LogP contribution in [-0.4, -0.2) is 6.61 Å². The van der Waals surface area contributed by atoms with E-state index in [1.54, 1.807) is 0 Å². The van der Waals surface area contributed by atoms with E-state index in [0.29, 0.717) is 6.61 Å². The Balaban J connectivity index is 1.64. The predicted molar refractivity (Wildman–Crippen MR) is 139 cm³/mol. The van der Waals surface area contributed by atoms with Gasteiger partial charge in [0, 0.05) is 0 Å². The van der Waals surface area contributed by atoms with Gasteiger partial charge in [0.1, 0.15) is 5.75 Å². The molecule has 0 N–H and O–H groups in total. The largest absolute Gasteiger partial charge is 0.494 e. The van der Waals surface area contributed by atoms with Gasteiger partial charge in [0.2, 0.25) is 0 Å². The fourth-order valence-corrected chi connectivity index (χ4v) is 4.32. The van der Waals surface area contributed by atoms with Crippen LogP contribution in [0.4, 0.5) is 0 Å². The standard InChI is InChI=1S/C32H26O/c1-2-33-29-22-20-28(21-23-29)32-30(26-12-7-4-8-13-26)14-9-15-31(32)27-18-16-25(17-19-27)24-10-5-3-6-11-24/h3-23H,2H2,1H3. The second kappa shape index (κ2) is 9.58. The van der Waals surface area contributed by atoms with E-state index in [-0.39, 0.29) is 0 Å². The van der Waals surface area contributed by atoms with Crippen LogP contribution in [0.2, 0.25) is 0 Å². The van der Waals surface area contributed by atoms with Crippen molar-refractivity contribution >= 4 is 0 Å². The first kappa shape index (κ1) is 20.8. The first-order chi connectivity index (χ1) is 16.3. The lowest BCUT2D eigenvalue weighted by Crippen LogP contribution is -1.93. The van der Waals surface area contributed by atoms with Crippen LogP contribution in [0.25, 0.3) is 44.5 Å². The summed E-state index contributed by atoms with van der Waals surface area (Å²) in [6.07, 6.45) is 0.